The molecule has 10 heteroatoms. The molecule has 2 aromatic carbocycles. The molecule has 3 rings (SSSR count). The molecule has 0 spiro atoms. The number of carbonyl (C=O) groups excluding carboxylic acids is 3. The molecule has 9 nitrogen and oxygen atoms in total. The first-order valence-electron chi connectivity index (χ1n) is 8.21. The van der Waals surface area contributed by atoms with E-state index in [0.717, 1.165) is 11.3 Å². The Bertz CT molecular complexity index is 1120. The van der Waals surface area contributed by atoms with Gasteiger partial charge in [0, 0.05) is 22.2 Å². The smallest absolute Gasteiger partial charge is 0.348 e. The number of fused-ring (bicyclic) bond motifs is 1. The quantitative estimate of drug-likeness (QED) is 0.373. The number of amides is 2. The van der Waals surface area contributed by atoms with Crippen molar-refractivity contribution in [2.24, 2.45) is 0 Å². The summed E-state index contributed by atoms with van der Waals surface area (Å²) in [6, 6.07) is 12.0. The highest BCUT2D eigenvalue weighted by Crippen LogP contribution is 2.29. The minimum atomic E-state index is -0.800. The number of para-hydroxylation sites is 1. The number of nitro benzene ring substituents is 1. The second kappa shape index (κ2) is 8.48. The number of ether oxygens (including phenoxy) is 2. The molecular weight excluding hydrogens is 400 g/mol. The van der Waals surface area contributed by atoms with Gasteiger partial charge in [0.2, 0.25) is 0 Å². The van der Waals surface area contributed by atoms with Gasteiger partial charge in [0.25, 0.3) is 17.5 Å². The van der Waals surface area contributed by atoms with E-state index >= 15 is 0 Å². The van der Waals surface area contributed by atoms with Crippen molar-refractivity contribution in [3.05, 3.63) is 69.1 Å². The Morgan fingerprint density at radius 3 is 2.62 bits per heavy atom. The SMILES string of the molecule is COc1ccccc1C(=O)NC(=O)COC(=O)c1cc2cc([N+](=O)[O-])ccc2s1. The number of methoxy groups -OCH3 is 1. The summed E-state index contributed by atoms with van der Waals surface area (Å²) in [6.07, 6.45) is 0. The predicted molar refractivity (Wildman–Crippen MR) is 104 cm³/mol. The summed E-state index contributed by atoms with van der Waals surface area (Å²) in [4.78, 5) is 46.7. The summed E-state index contributed by atoms with van der Waals surface area (Å²) in [6.45, 7) is -0.659. The van der Waals surface area contributed by atoms with Gasteiger partial charge >= 0.3 is 5.97 Å². The lowest BCUT2D eigenvalue weighted by molar-refractivity contribution is -0.384. The van der Waals surface area contributed by atoms with Gasteiger partial charge in [0.1, 0.15) is 10.6 Å². The molecule has 0 fully saturated rings. The second-order valence-electron chi connectivity index (χ2n) is 5.74. The van der Waals surface area contributed by atoms with Crippen molar-refractivity contribution >= 4 is 44.9 Å². The number of hydrogen-bond donors (Lipinski definition) is 1. The fourth-order valence-corrected chi connectivity index (χ4v) is 3.45. The molecule has 148 valence electrons. The van der Waals surface area contributed by atoms with Crippen LogP contribution < -0.4 is 10.1 Å². The lowest BCUT2D eigenvalue weighted by atomic mass is 10.2. The van der Waals surface area contributed by atoms with E-state index < -0.39 is 29.3 Å². The van der Waals surface area contributed by atoms with E-state index in [1.54, 1.807) is 18.2 Å². The van der Waals surface area contributed by atoms with E-state index in [-0.39, 0.29) is 16.1 Å². The molecule has 0 atom stereocenters. The zero-order valence-corrected chi connectivity index (χ0v) is 15.9. The number of thiophene rings is 1. The summed E-state index contributed by atoms with van der Waals surface area (Å²) < 4.78 is 10.7. The van der Waals surface area contributed by atoms with Crippen LogP contribution in [0.5, 0.6) is 5.75 Å². The maximum Gasteiger partial charge on any atom is 0.348 e. The fraction of sp³-hybridized carbons (Fsp3) is 0.105. The number of nitrogens with zero attached hydrogens (tertiary/aromatic N) is 1. The first-order chi connectivity index (χ1) is 13.9. The highest BCUT2D eigenvalue weighted by atomic mass is 32.1. The second-order valence-corrected chi connectivity index (χ2v) is 6.83. The Balaban J connectivity index is 1.61. The van der Waals surface area contributed by atoms with E-state index in [9.17, 15) is 24.5 Å². The van der Waals surface area contributed by atoms with E-state index in [2.05, 4.69) is 5.32 Å². The van der Waals surface area contributed by atoms with Gasteiger partial charge in [0.15, 0.2) is 6.61 Å². The van der Waals surface area contributed by atoms with E-state index in [0.29, 0.717) is 15.8 Å². The Morgan fingerprint density at radius 1 is 1.14 bits per heavy atom. The molecule has 0 aliphatic heterocycles. The van der Waals surface area contributed by atoms with Gasteiger partial charge < -0.3 is 9.47 Å². The zero-order chi connectivity index (χ0) is 21.0. The monoisotopic (exact) mass is 414 g/mol. The third-order valence-electron chi connectivity index (χ3n) is 3.85. The van der Waals surface area contributed by atoms with Crippen molar-refractivity contribution < 1.29 is 28.8 Å². The van der Waals surface area contributed by atoms with Crippen molar-refractivity contribution in [3.63, 3.8) is 0 Å². The van der Waals surface area contributed by atoms with Crippen LogP contribution in [0.2, 0.25) is 0 Å². The molecular formula is C19H14N2O7S. The highest BCUT2D eigenvalue weighted by molar-refractivity contribution is 7.20. The van der Waals surface area contributed by atoms with Gasteiger partial charge in [-0.15, -0.1) is 11.3 Å². The fourth-order valence-electron chi connectivity index (χ4n) is 2.51. The van der Waals surface area contributed by atoms with Gasteiger partial charge in [0.05, 0.1) is 17.6 Å². The maximum absolute atomic E-state index is 12.2. The molecule has 0 saturated heterocycles. The number of nitrogens with one attached hydrogen (secondary N) is 1. The Morgan fingerprint density at radius 2 is 1.90 bits per heavy atom. The van der Waals surface area contributed by atoms with Crippen molar-refractivity contribution in [2.75, 3.05) is 13.7 Å². The van der Waals surface area contributed by atoms with Crippen LogP contribution in [0.4, 0.5) is 5.69 Å². The first-order valence-corrected chi connectivity index (χ1v) is 9.03. The van der Waals surface area contributed by atoms with Gasteiger partial charge in [-0.2, -0.15) is 0 Å². The average molecular weight is 414 g/mol. The molecule has 0 bridgehead atoms. The van der Waals surface area contributed by atoms with Crippen LogP contribution in [0.1, 0.15) is 20.0 Å². The standard InChI is InChI=1S/C19H14N2O7S/c1-27-14-5-3-2-4-13(14)18(23)20-17(22)10-28-19(24)16-9-11-8-12(21(25)26)6-7-15(11)29-16/h2-9H,10H2,1H3,(H,20,22,23). The van der Waals surface area contributed by atoms with Crippen LogP contribution in [0.3, 0.4) is 0 Å². The molecule has 0 radical (unpaired) electrons. The van der Waals surface area contributed by atoms with Crippen LogP contribution >= 0.6 is 11.3 Å². The Hall–Kier alpha value is -3.79. The van der Waals surface area contributed by atoms with Gasteiger partial charge in [-0.05, 0) is 24.3 Å². The summed E-state index contributed by atoms with van der Waals surface area (Å²) in [7, 11) is 1.40. The van der Waals surface area contributed by atoms with Crippen molar-refractivity contribution in [3.8, 4) is 5.75 Å². The molecule has 1 heterocycles. The number of rotatable bonds is 6. The molecule has 1 aromatic heterocycles. The van der Waals surface area contributed by atoms with Crippen molar-refractivity contribution in [1.82, 2.24) is 5.32 Å². The number of imide groups is 1. The van der Waals surface area contributed by atoms with Crippen molar-refractivity contribution in [2.45, 2.75) is 0 Å². The Kier molecular flexibility index (Phi) is 5.84. The number of benzene rings is 2. The zero-order valence-electron chi connectivity index (χ0n) is 15.0. The highest BCUT2D eigenvalue weighted by Gasteiger charge is 2.18. The van der Waals surface area contributed by atoms with E-state index in [1.165, 1.54) is 37.4 Å². The molecule has 0 unspecified atom stereocenters. The lowest BCUT2D eigenvalue weighted by Crippen LogP contribution is -2.34. The van der Waals surface area contributed by atoms with E-state index in [1.807, 2.05) is 0 Å². The van der Waals surface area contributed by atoms with Gasteiger partial charge in [-0.25, -0.2) is 4.79 Å². The molecule has 0 aliphatic carbocycles. The van der Waals surface area contributed by atoms with E-state index in [4.69, 9.17) is 9.47 Å². The number of carbonyl (C=O) groups is 3. The summed E-state index contributed by atoms with van der Waals surface area (Å²) in [5.41, 5.74) is 0.0743. The lowest BCUT2D eigenvalue weighted by Gasteiger charge is -2.08. The topological polar surface area (TPSA) is 125 Å². The molecule has 2 amide bonds. The molecule has 1 N–H and O–H groups in total. The summed E-state index contributed by atoms with van der Waals surface area (Å²) in [5, 5.41) is 13.5. The number of hydrogen-bond acceptors (Lipinski definition) is 8. The van der Waals surface area contributed by atoms with Gasteiger partial charge in [-0.3, -0.25) is 25.0 Å². The Labute approximate surface area is 168 Å². The molecule has 0 aliphatic rings. The normalized spacial score (nSPS) is 10.4. The van der Waals surface area contributed by atoms with Crippen LogP contribution in [0, 0.1) is 10.1 Å². The predicted octanol–water partition coefficient (Wildman–Crippen LogP) is 2.93. The van der Waals surface area contributed by atoms with Crippen molar-refractivity contribution in [1.29, 1.82) is 0 Å². The molecule has 3 aromatic rings. The van der Waals surface area contributed by atoms with Crippen LogP contribution in [-0.4, -0.2) is 36.4 Å². The minimum absolute atomic E-state index is 0.0931. The van der Waals surface area contributed by atoms with Crippen LogP contribution in [-0.2, 0) is 9.53 Å². The average Bonchev–Trinajstić information content (AvgIpc) is 3.15. The molecule has 29 heavy (non-hydrogen) atoms. The summed E-state index contributed by atoms with van der Waals surface area (Å²) >= 11 is 1.08. The van der Waals surface area contributed by atoms with Crippen LogP contribution in [0.25, 0.3) is 10.1 Å². The number of nitro groups is 1. The minimum Gasteiger partial charge on any atom is -0.496 e. The van der Waals surface area contributed by atoms with Crippen LogP contribution in [0.15, 0.2) is 48.5 Å². The molecule has 0 saturated carbocycles. The summed E-state index contributed by atoms with van der Waals surface area (Å²) in [5.74, 6) is -1.95. The third-order valence-corrected chi connectivity index (χ3v) is 4.95. The number of esters is 1. The number of non-ortho nitro benzene ring substituents is 1. The first kappa shape index (κ1) is 20.0. The maximum atomic E-state index is 12.2. The largest absolute Gasteiger partial charge is 0.496 e. The third kappa shape index (κ3) is 4.55. The van der Waals surface area contributed by atoms with Gasteiger partial charge in [-0.1, -0.05) is 12.1 Å².